The highest BCUT2D eigenvalue weighted by Crippen LogP contribution is 2.47. The molecule has 0 saturated heterocycles. The van der Waals surface area contributed by atoms with Crippen LogP contribution in [0.3, 0.4) is 0 Å². The van der Waals surface area contributed by atoms with Crippen molar-refractivity contribution in [2.45, 2.75) is 108 Å². The maximum atomic E-state index is 13.4. The van der Waals surface area contributed by atoms with Crippen molar-refractivity contribution in [3.63, 3.8) is 0 Å². The van der Waals surface area contributed by atoms with Crippen molar-refractivity contribution < 1.29 is 45.1 Å². The number of likely N-dealkylation sites (N-methyl/N-ethyl adjacent to an activating group) is 1. The molecule has 0 N–H and O–H groups in total. The molecule has 0 aliphatic carbocycles. The van der Waals surface area contributed by atoms with Gasteiger partial charge in [-0.3, -0.25) is 9.59 Å². The topological polar surface area (TPSA) is 46.6 Å². The van der Waals surface area contributed by atoms with Gasteiger partial charge in [-0.15, -0.1) is 0 Å². The molecule has 0 aromatic heterocycles. The summed E-state index contributed by atoms with van der Waals surface area (Å²) in [5.74, 6) is -16.6. The van der Waals surface area contributed by atoms with Crippen molar-refractivity contribution in [2.75, 3.05) is 20.2 Å². The fourth-order valence-corrected chi connectivity index (χ4v) is 3.17. The van der Waals surface area contributed by atoms with Crippen LogP contribution in [0.5, 0.6) is 0 Å². The Morgan fingerprint density at radius 3 is 1.48 bits per heavy atom. The second kappa shape index (κ2) is 15.4. The molecule has 196 valence electrons. The Labute approximate surface area is 191 Å². The number of carbonyl (C=O) groups is 2. The third-order valence-corrected chi connectivity index (χ3v) is 5.24. The van der Waals surface area contributed by atoms with Gasteiger partial charge in [0.25, 0.3) is 5.91 Å². The van der Waals surface area contributed by atoms with Crippen LogP contribution in [0.25, 0.3) is 0 Å². The number of nitrogens with zero attached hydrogens (tertiary/aromatic N) is 1. The highest BCUT2D eigenvalue weighted by atomic mass is 19.4. The van der Waals surface area contributed by atoms with Gasteiger partial charge in [0.1, 0.15) is 6.54 Å². The summed E-state index contributed by atoms with van der Waals surface area (Å²) in [6.07, 6.45) is 7.71. The number of ether oxygens (including phenoxy) is 1. The van der Waals surface area contributed by atoms with Gasteiger partial charge in [0.05, 0.1) is 6.61 Å². The van der Waals surface area contributed by atoms with E-state index in [1.807, 2.05) is 0 Å². The van der Waals surface area contributed by atoms with E-state index < -0.39 is 36.4 Å². The zero-order valence-corrected chi connectivity index (χ0v) is 19.4. The van der Waals surface area contributed by atoms with Crippen LogP contribution in [-0.4, -0.2) is 55.0 Å². The average molecular weight is 496 g/mol. The molecule has 0 fully saturated rings. The van der Waals surface area contributed by atoms with Gasteiger partial charge in [-0.2, -0.15) is 30.7 Å². The smallest absolute Gasteiger partial charge is 0.460 e. The average Bonchev–Trinajstić information content (AvgIpc) is 2.72. The molecule has 1 amide bonds. The van der Waals surface area contributed by atoms with Crippen molar-refractivity contribution in [3.05, 3.63) is 0 Å². The third-order valence-electron chi connectivity index (χ3n) is 5.24. The van der Waals surface area contributed by atoms with Crippen LogP contribution in [0.4, 0.5) is 30.7 Å². The molecule has 33 heavy (non-hydrogen) atoms. The van der Waals surface area contributed by atoms with Gasteiger partial charge >= 0.3 is 24.0 Å². The Morgan fingerprint density at radius 1 is 0.697 bits per heavy atom. The van der Waals surface area contributed by atoms with Crippen LogP contribution in [0.2, 0.25) is 0 Å². The third kappa shape index (κ3) is 11.4. The summed E-state index contributed by atoms with van der Waals surface area (Å²) in [5, 5.41) is 0. The molecule has 0 aromatic rings. The first-order valence-corrected chi connectivity index (χ1v) is 11.5. The minimum atomic E-state index is -6.62. The zero-order valence-electron chi connectivity index (χ0n) is 19.4. The first-order chi connectivity index (χ1) is 15.3. The number of rotatable bonds is 18. The fourth-order valence-electron chi connectivity index (χ4n) is 3.17. The Kier molecular flexibility index (Phi) is 14.6. The van der Waals surface area contributed by atoms with Crippen LogP contribution >= 0.6 is 0 Å². The molecule has 4 nitrogen and oxygen atoms in total. The van der Waals surface area contributed by atoms with Crippen molar-refractivity contribution in [1.82, 2.24) is 4.90 Å². The lowest BCUT2D eigenvalue weighted by Crippen LogP contribution is -2.60. The van der Waals surface area contributed by atoms with E-state index in [4.69, 9.17) is 4.74 Å². The number of halogens is 7. The number of amides is 1. The predicted octanol–water partition coefficient (Wildman–Crippen LogP) is 6.91. The molecule has 0 unspecified atom stereocenters. The summed E-state index contributed by atoms with van der Waals surface area (Å²) < 4.78 is 93.7. The number of unbranched alkanes of at least 4 members (excludes halogenated alkanes) is 12. The second-order valence-corrected chi connectivity index (χ2v) is 8.27. The second-order valence-electron chi connectivity index (χ2n) is 8.27. The first kappa shape index (κ1) is 31.4. The molecule has 0 heterocycles. The number of esters is 1. The van der Waals surface area contributed by atoms with Crippen LogP contribution in [0, 0.1) is 0 Å². The predicted molar refractivity (Wildman–Crippen MR) is 110 cm³/mol. The molecule has 0 radical (unpaired) electrons. The summed E-state index contributed by atoms with van der Waals surface area (Å²) in [5.41, 5.74) is 0. The van der Waals surface area contributed by atoms with Crippen LogP contribution < -0.4 is 0 Å². The van der Waals surface area contributed by atoms with E-state index in [2.05, 4.69) is 6.92 Å². The quantitative estimate of drug-likeness (QED) is 0.118. The Morgan fingerprint density at radius 2 is 1.09 bits per heavy atom. The van der Waals surface area contributed by atoms with Gasteiger partial charge in [-0.1, -0.05) is 84.0 Å². The van der Waals surface area contributed by atoms with Gasteiger partial charge in [0.15, 0.2) is 0 Å². The van der Waals surface area contributed by atoms with E-state index in [-0.39, 0.29) is 11.5 Å². The standard InChI is InChI=1S/C22H36F7NO3/c1-3-4-5-6-7-8-9-10-11-12-13-14-15-16-33-18(31)17-30(2)19(32)20(23,24)21(25,26)22(27,28)29/h3-17H2,1-2H3. The van der Waals surface area contributed by atoms with E-state index in [1.165, 1.54) is 51.4 Å². The van der Waals surface area contributed by atoms with E-state index in [0.717, 1.165) is 25.7 Å². The van der Waals surface area contributed by atoms with Gasteiger partial charge in [-0.25, -0.2) is 0 Å². The van der Waals surface area contributed by atoms with Crippen molar-refractivity contribution in [1.29, 1.82) is 0 Å². The number of hydrogen-bond acceptors (Lipinski definition) is 3. The molecule has 0 spiro atoms. The van der Waals surface area contributed by atoms with E-state index in [9.17, 15) is 40.3 Å². The molecule has 11 heteroatoms. The van der Waals surface area contributed by atoms with Gasteiger partial charge in [-0.05, 0) is 6.42 Å². The summed E-state index contributed by atoms with van der Waals surface area (Å²) in [6, 6.07) is 0. The fraction of sp³-hybridized carbons (Fsp3) is 0.909. The molecule has 0 bridgehead atoms. The van der Waals surface area contributed by atoms with Crippen LogP contribution in [0.15, 0.2) is 0 Å². The monoisotopic (exact) mass is 495 g/mol. The van der Waals surface area contributed by atoms with Crippen molar-refractivity contribution >= 4 is 11.9 Å². The maximum Gasteiger partial charge on any atom is 0.460 e. The maximum absolute atomic E-state index is 13.4. The zero-order chi connectivity index (χ0) is 25.5. The summed E-state index contributed by atoms with van der Waals surface area (Å²) in [7, 11) is 0.523. The Balaban J connectivity index is 3.94. The lowest BCUT2D eigenvalue weighted by molar-refractivity contribution is -0.345. The van der Waals surface area contributed by atoms with Crippen molar-refractivity contribution in [3.8, 4) is 0 Å². The minimum Gasteiger partial charge on any atom is -0.464 e. The summed E-state index contributed by atoms with van der Waals surface area (Å²) >= 11 is 0. The van der Waals surface area contributed by atoms with Crippen molar-refractivity contribution in [2.24, 2.45) is 0 Å². The Bertz CT molecular complexity index is 569. The SMILES string of the molecule is CCCCCCCCCCCCCCCOC(=O)CN(C)C(=O)C(F)(F)C(F)(F)C(F)(F)F. The van der Waals surface area contributed by atoms with Gasteiger partial charge < -0.3 is 9.64 Å². The molecular formula is C22H36F7NO3. The molecule has 0 saturated carbocycles. The van der Waals surface area contributed by atoms with E-state index in [1.54, 1.807) is 0 Å². The Hall–Kier alpha value is -1.55. The molecule has 0 rings (SSSR count). The van der Waals surface area contributed by atoms with E-state index in [0.29, 0.717) is 13.5 Å². The van der Waals surface area contributed by atoms with Crippen LogP contribution in [-0.2, 0) is 14.3 Å². The lowest BCUT2D eigenvalue weighted by Gasteiger charge is -2.29. The summed E-state index contributed by atoms with van der Waals surface area (Å²) in [4.78, 5) is 22.8. The van der Waals surface area contributed by atoms with Crippen LogP contribution in [0.1, 0.15) is 90.4 Å². The number of carbonyl (C=O) groups excluding carboxylic acids is 2. The molecule has 0 atom stereocenters. The van der Waals surface area contributed by atoms with E-state index >= 15 is 0 Å². The highest BCUT2D eigenvalue weighted by molar-refractivity contribution is 5.87. The van der Waals surface area contributed by atoms with Gasteiger partial charge in [0.2, 0.25) is 0 Å². The molecule has 0 aliphatic heterocycles. The lowest BCUT2D eigenvalue weighted by atomic mass is 10.0. The molecule has 0 aliphatic rings. The first-order valence-electron chi connectivity index (χ1n) is 11.5. The highest BCUT2D eigenvalue weighted by Gasteiger charge is 2.76. The summed E-state index contributed by atoms with van der Waals surface area (Å²) in [6.45, 7) is 0.959. The number of alkyl halides is 7. The molecular weight excluding hydrogens is 459 g/mol. The normalized spacial score (nSPS) is 12.6. The number of hydrogen-bond donors (Lipinski definition) is 0. The van der Waals surface area contributed by atoms with Gasteiger partial charge in [0, 0.05) is 7.05 Å². The minimum absolute atomic E-state index is 0.0618. The largest absolute Gasteiger partial charge is 0.464 e. The molecule has 0 aromatic carbocycles.